The normalized spacial score (nSPS) is 13.0. The molecular formula is C25H27N7O2. The van der Waals surface area contributed by atoms with Gasteiger partial charge in [-0.2, -0.15) is 4.98 Å². The van der Waals surface area contributed by atoms with Gasteiger partial charge in [0, 0.05) is 38.1 Å². The Morgan fingerprint density at radius 3 is 2.59 bits per heavy atom. The first-order valence-corrected chi connectivity index (χ1v) is 10.8. The Bertz CT molecular complexity index is 1260. The number of benzene rings is 2. The average molecular weight is 458 g/mol. The van der Waals surface area contributed by atoms with Crippen LogP contribution in [0.2, 0.25) is 0 Å². The van der Waals surface area contributed by atoms with Crippen LogP contribution in [0.25, 0.3) is 0 Å². The van der Waals surface area contributed by atoms with Crippen molar-refractivity contribution in [1.29, 1.82) is 0 Å². The number of anilines is 6. The Kier molecular flexibility index (Phi) is 6.55. The summed E-state index contributed by atoms with van der Waals surface area (Å²) in [5.74, 6) is 0.663. The van der Waals surface area contributed by atoms with E-state index in [0.717, 1.165) is 11.4 Å². The summed E-state index contributed by atoms with van der Waals surface area (Å²) in [4.78, 5) is 39.6. The number of aromatic nitrogens is 2. The Morgan fingerprint density at radius 2 is 1.79 bits per heavy atom. The molecule has 2 amide bonds. The first-order valence-electron chi connectivity index (χ1n) is 10.8. The quantitative estimate of drug-likeness (QED) is 0.546. The van der Waals surface area contributed by atoms with Gasteiger partial charge < -0.3 is 25.3 Å². The topological polar surface area (TPSA) is 93.7 Å². The minimum Gasteiger partial charge on any atom is -0.327 e. The number of hydrogen-bond acceptors (Lipinski definition) is 7. The second-order valence-corrected chi connectivity index (χ2v) is 8.20. The van der Waals surface area contributed by atoms with E-state index < -0.39 is 0 Å². The number of nitrogens with one attached hydrogen (secondary N) is 2. The summed E-state index contributed by atoms with van der Waals surface area (Å²) in [6.07, 6.45) is 4.95. The molecule has 2 heterocycles. The molecule has 9 nitrogen and oxygen atoms in total. The first kappa shape index (κ1) is 22.9. The lowest BCUT2D eigenvalue weighted by atomic mass is 10.1. The summed E-state index contributed by atoms with van der Waals surface area (Å²) >= 11 is 0. The van der Waals surface area contributed by atoms with Gasteiger partial charge in [-0.3, -0.25) is 9.59 Å². The number of carbonyl (C=O) groups excluding carboxylic acids is 2. The molecule has 0 radical (unpaired) electrons. The van der Waals surface area contributed by atoms with Crippen LogP contribution in [0.3, 0.4) is 0 Å². The number of rotatable bonds is 6. The molecular weight excluding hydrogens is 430 g/mol. The van der Waals surface area contributed by atoms with Crippen molar-refractivity contribution in [3.8, 4) is 0 Å². The van der Waals surface area contributed by atoms with E-state index >= 15 is 0 Å². The number of fused-ring (bicyclic) bond motifs is 2. The lowest BCUT2D eigenvalue weighted by Crippen LogP contribution is -2.25. The zero-order valence-electron chi connectivity index (χ0n) is 19.6. The second-order valence-electron chi connectivity index (χ2n) is 8.20. The van der Waals surface area contributed by atoms with Gasteiger partial charge in [0.15, 0.2) is 5.82 Å². The van der Waals surface area contributed by atoms with E-state index in [2.05, 4.69) is 20.6 Å². The summed E-state index contributed by atoms with van der Waals surface area (Å²) in [5, 5.41) is 6.04. The molecule has 0 aliphatic carbocycles. The largest absolute Gasteiger partial charge is 0.327 e. The predicted molar refractivity (Wildman–Crippen MR) is 135 cm³/mol. The zero-order valence-corrected chi connectivity index (χ0v) is 19.6. The fraction of sp³-hybridized carbons (Fsp3) is 0.200. The van der Waals surface area contributed by atoms with Crippen LogP contribution < -0.4 is 20.4 Å². The highest BCUT2D eigenvalue weighted by Crippen LogP contribution is 2.38. The van der Waals surface area contributed by atoms with Gasteiger partial charge in [0.2, 0.25) is 11.9 Å². The molecule has 0 spiro atoms. The van der Waals surface area contributed by atoms with Crippen LogP contribution in [0, 0.1) is 0 Å². The van der Waals surface area contributed by atoms with E-state index in [0.29, 0.717) is 35.2 Å². The molecule has 4 rings (SSSR count). The van der Waals surface area contributed by atoms with Crippen LogP contribution in [-0.2, 0) is 4.79 Å². The van der Waals surface area contributed by atoms with Crippen LogP contribution in [0.1, 0.15) is 10.4 Å². The van der Waals surface area contributed by atoms with Crippen molar-refractivity contribution in [2.24, 2.45) is 0 Å². The zero-order chi connectivity index (χ0) is 24.2. The Morgan fingerprint density at radius 1 is 1.03 bits per heavy atom. The third-order valence-corrected chi connectivity index (χ3v) is 5.36. The average Bonchev–Trinajstić information content (AvgIpc) is 2.89. The molecule has 1 aliphatic heterocycles. The molecule has 0 saturated carbocycles. The van der Waals surface area contributed by atoms with Gasteiger partial charge in [0.05, 0.1) is 17.4 Å². The van der Waals surface area contributed by atoms with E-state index in [9.17, 15) is 9.59 Å². The molecule has 2 N–H and O–H groups in total. The summed E-state index contributed by atoms with van der Waals surface area (Å²) in [7, 11) is 7.47. The molecule has 0 atom stereocenters. The van der Waals surface area contributed by atoms with Crippen molar-refractivity contribution in [2.75, 3.05) is 55.2 Å². The SMILES string of the molecule is CN(C)CC=CC(=O)Nc1cccc(Nc2ncc3c(n2)N(C)c2ccccc2C(=O)N3C)c1. The summed E-state index contributed by atoms with van der Waals surface area (Å²) < 4.78 is 0. The van der Waals surface area contributed by atoms with Gasteiger partial charge in [0.1, 0.15) is 5.69 Å². The van der Waals surface area contributed by atoms with Gasteiger partial charge in [0.25, 0.3) is 5.91 Å². The fourth-order valence-corrected chi connectivity index (χ4v) is 3.62. The maximum atomic E-state index is 12.9. The van der Waals surface area contributed by atoms with Gasteiger partial charge >= 0.3 is 0 Å². The monoisotopic (exact) mass is 457 g/mol. The van der Waals surface area contributed by atoms with E-state index in [1.165, 1.54) is 6.08 Å². The minimum absolute atomic E-state index is 0.117. The van der Waals surface area contributed by atoms with E-state index in [4.69, 9.17) is 0 Å². The minimum atomic E-state index is -0.201. The highest BCUT2D eigenvalue weighted by atomic mass is 16.2. The third-order valence-electron chi connectivity index (χ3n) is 5.36. The molecule has 2 aromatic carbocycles. The molecule has 1 aliphatic rings. The second kappa shape index (κ2) is 9.72. The van der Waals surface area contributed by atoms with Gasteiger partial charge in [-0.1, -0.05) is 24.3 Å². The smallest absolute Gasteiger partial charge is 0.260 e. The standard InChI is InChI=1S/C25H27N7O2/c1-30(2)14-8-13-22(33)27-17-9-7-10-18(15-17)28-25-26-16-21-23(29-25)31(3)20-12-6-5-11-19(20)24(34)32(21)4/h5-13,15-16H,14H2,1-4H3,(H,27,33)(H,26,28,29). The highest BCUT2D eigenvalue weighted by Gasteiger charge is 2.28. The van der Waals surface area contributed by atoms with E-state index in [-0.39, 0.29) is 11.8 Å². The maximum absolute atomic E-state index is 12.9. The molecule has 0 unspecified atom stereocenters. The van der Waals surface area contributed by atoms with Crippen LogP contribution in [0.15, 0.2) is 66.9 Å². The van der Waals surface area contributed by atoms with Crippen LogP contribution in [-0.4, -0.2) is 61.4 Å². The molecule has 9 heteroatoms. The van der Waals surface area contributed by atoms with Crippen molar-refractivity contribution >= 4 is 46.3 Å². The Labute approximate surface area is 198 Å². The van der Waals surface area contributed by atoms with Crippen molar-refractivity contribution in [3.63, 3.8) is 0 Å². The van der Waals surface area contributed by atoms with Crippen molar-refractivity contribution in [1.82, 2.24) is 14.9 Å². The number of carbonyl (C=O) groups is 2. The van der Waals surface area contributed by atoms with Gasteiger partial charge in [-0.25, -0.2) is 4.98 Å². The van der Waals surface area contributed by atoms with Gasteiger partial charge in [-0.05, 0) is 44.4 Å². The third kappa shape index (κ3) is 4.89. The molecule has 0 saturated heterocycles. The van der Waals surface area contributed by atoms with E-state index in [1.54, 1.807) is 36.4 Å². The number of nitrogens with zero attached hydrogens (tertiary/aromatic N) is 5. The summed E-state index contributed by atoms with van der Waals surface area (Å²) in [6.45, 7) is 0.685. The number of amides is 2. The Balaban J connectivity index is 1.56. The van der Waals surface area contributed by atoms with Gasteiger partial charge in [-0.15, -0.1) is 0 Å². The molecule has 174 valence electrons. The van der Waals surface area contributed by atoms with Crippen molar-refractivity contribution < 1.29 is 9.59 Å². The fourth-order valence-electron chi connectivity index (χ4n) is 3.62. The van der Waals surface area contributed by atoms with E-state index in [1.807, 2.05) is 67.3 Å². The lowest BCUT2D eigenvalue weighted by molar-refractivity contribution is -0.111. The number of para-hydroxylation sites is 1. The Hall–Kier alpha value is -4.24. The molecule has 0 bridgehead atoms. The molecule has 1 aromatic heterocycles. The predicted octanol–water partition coefficient (Wildman–Crippen LogP) is 3.63. The molecule has 3 aromatic rings. The summed E-state index contributed by atoms with van der Waals surface area (Å²) in [6, 6.07) is 14.7. The number of likely N-dealkylation sites (N-methyl/N-ethyl adjacent to an activating group) is 1. The summed E-state index contributed by atoms with van der Waals surface area (Å²) in [5.41, 5.74) is 3.35. The molecule has 34 heavy (non-hydrogen) atoms. The van der Waals surface area contributed by atoms with Crippen molar-refractivity contribution in [3.05, 3.63) is 72.4 Å². The van der Waals surface area contributed by atoms with Crippen LogP contribution >= 0.6 is 0 Å². The first-order chi connectivity index (χ1) is 16.3. The number of hydrogen-bond donors (Lipinski definition) is 2. The van der Waals surface area contributed by atoms with Crippen molar-refractivity contribution in [2.45, 2.75) is 0 Å². The lowest BCUT2D eigenvalue weighted by Gasteiger charge is -2.21. The molecule has 0 fully saturated rings. The maximum Gasteiger partial charge on any atom is 0.260 e. The highest BCUT2D eigenvalue weighted by molar-refractivity contribution is 6.13. The van der Waals surface area contributed by atoms with Crippen LogP contribution in [0.5, 0.6) is 0 Å². The van der Waals surface area contributed by atoms with Crippen LogP contribution in [0.4, 0.5) is 34.5 Å².